The molecule has 0 saturated carbocycles. The Bertz CT molecular complexity index is 338. The number of esters is 1. The molecule has 1 heterocycles. The van der Waals surface area contributed by atoms with Crippen LogP contribution in [0.1, 0.15) is 30.3 Å². The molecule has 0 bridgehead atoms. The second-order valence-corrected chi connectivity index (χ2v) is 3.58. The molecule has 0 spiro atoms. The number of rotatable bonds is 7. The van der Waals surface area contributed by atoms with E-state index in [1.807, 2.05) is 0 Å². The third kappa shape index (κ3) is 5.31. The minimum Gasteiger partial charge on any atom is -0.459 e. The van der Waals surface area contributed by atoms with Gasteiger partial charge in [-0.1, -0.05) is 13.3 Å². The Morgan fingerprint density at radius 1 is 1.35 bits per heavy atom. The summed E-state index contributed by atoms with van der Waals surface area (Å²) in [6.45, 7) is 3.46. The van der Waals surface area contributed by atoms with Crippen LogP contribution >= 0.6 is 0 Å². The van der Waals surface area contributed by atoms with Crippen LogP contribution in [0.5, 0.6) is 0 Å². The van der Waals surface area contributed by atoms with Gasteiger partial charge in [0, 0.05) is 6.61 Å². The molecule has 5 nitrogen and oxygen atoms in total. The lowest BCUT2D eigenvalue weighted by Crippen LogP contribution is -2.12. The Morgan fingerprint density at radius 3 is 2.82 bits per heavy atom. The van der Waals surface area contributed by atoms with Gasteiger partial charge >= 0.3 is 5.97 Å². The zero-order valence-electron chi connectivity index (χ0n) is 10.0. The highest BCUT2D eigenvalue weighted by molar-refractivity contribution is 5.87. The molecule has 5 heteroatoms. The van der Waals surface area contributed by atoms with Crippen molar-refractivity contribution in [3.8, 4) is 0 Å². The Balaban J connectivity index is 2.19. The van der Waals surface area contributed by atoms with Gasteiger partial charge in [0.1, 0.15) is 12.3 Å². The Labute approximate surface area is 101 Å². The molecule has 0 fully saturated rings. The fraction of sp³-hybridized carbons (Fsp3) is 0.500. The van der Waals surface area contributed by atoms with Crippen molar-refractivity contribution in [3.63, 3.8) is 0 Å². The van der Waals surface area contributed by atoms with Crippen molar-refractivity contribution < 1.29 is 14.3 Å². The molecule has 0 radical (unpaired) electrons. The molecule has 1 rings (SSSR count). The summed E-state index contributed by atoms with van der Waals surface area (Å²) < 4.78 is 10.2. The molecule has 94 valence electrons. The van der Waals surface area contributed by atoms with Crippen LogP contribution in [-0.4, -0.2) is 30.8 Å². The second-order valence-electron chi connectivity index (χ2n) is 3.58. The molecular formula is C12H18N2O3. The van der Waals surface area contributed by atoms with E-state index in [0.717, 1.165) is 12.8 Å². The molecule has 2 N–H and O–H groups in total. The van der Waals surface area contributed by atoms with Crippen LogP contribution in [0.4, 0.5) is 5.69 Å². The largest absolute Gasteiger partial charge is 0.459 e. The molecule has 1 aromatic heterocycles. The van der Waals surface area contributed by atoms with Crippen LogP contribution < -0.4 is 5.73 Å². The smallest absolute Gasteiger partial charge is 0.356 e. The number of unbranched alkanes of at least 4 members (excludes halogenated alkanes) is 1. The summed E-state index contributed by atoms with van der Waals surface area (Å²) in [6, 6.07) is 3.15. The first-order chi connectivity index (χ1) is 8.24. The van der Waals surface area contributed by atoms with Gasteiger partial charge in [0.25, 0.3) is 0 Å². The first-order valence-corrected chi connectivity index (χ1v) is 5.70. The van der Waals surface area contributed by atoms with Gasteiger partial charge in [-0.15, -0.1) is 0 Å². The Hall–Kier alpha value is -1.62. The van der Waals surface area contributed by atoms with Gasteiger partial charge in [0.15, 0.2) is 0 Å². The molecule has 17 heavy (non-hydrogen) atoms. The van der Waals surface area contributed by atoms with Crippen molar-refractivity contribution in [3.05, 3.63) is 24.0 Å². The predicted octanol–water partition coefficient (Wildman–Crippen LogP) is 1.64. The summed E-state index contributed by atoms with van der Waals surface area (Å²) in [5, 5.41) is 0. The van der Waals surface area contributed by atoms with Crippen molar-refractivity contribution in [1.29, 1.82) is 0 Å². The van der Waals surface area contributed by atoms with Gasteiger partial charge in [0.2, 0.25) is 0 Å². The minimum absolute atomic E-state index is 0.245. The molecule has 0 amide bonds. The van der Waals surface area contributed by atoms with Gasteiger partial charge in [-0.2, -0.15) is 0 Å². The molecule has 0 saturated heterocycles. The zero-order chi connectivity index (χ0) is 12.5. The van der Waals surface area contributed by atoms with Crippen LogP contribution in [0.3, 0.4) is 0 Å². The summed E-state index contributed by atoms with van der Waals surface area (Å²) in [5.41, 5.74) is 6.24. The molecule has 0 aromatic carbocycles. The van der Waals surface area contributed by atoms with Crippen LogP contribution in [-0.2, 0) is 9.47 Å². The predicted molar refractivity (Wildman–Crippen MR) is 64.7 cm³/mol. The second kappa shape index (κ2) is 7.62. The summed E-state index contributed by atoms with van der Waals surface area (Å²) in [5.74, 6) is -0.455. The summed E-state index contributed by atoms with van der Waals surface area (Å²) >= 11 is 0. The number of carbonyl (C=O) groups is 1. The average Bonchev–Trinajstić information content (AvgIpc) is 2.34. The number of carbonyl (C=O) groups excluding carboxylic acids is 1. The number of pyridine rings is 1. The van der Waals surface area contributed by atoms with E-state index in [2.05, 4.69) is 11.9 Å². The maximum absolute atomic E-state index is 11.5. The van der Waals surface area contributed by atoms with Gasteiger partial charge in [0.05, 0.1) is 18.5 Å². The van der Waals surface area contributed by atoms with Crippen LogP contribution in [0.25, 0.3) is 0 Å². The SMILES string of the molecule is CCCCOCCOC(=O)c1ccc(N)cn1. The minimum atomic E-state index is -0.455. The third-order valence-electron chi connectivity index (χ3n) is 2.10. The van der Waals surface area contributed by atoms with E-state index in [9.17, 15) is 4.79 Å². The lowest BCUT2D eigenvalue weighted by atomic mass is 10.3. The number of nitrogen functional groups attached to an aromatic ring is 1. The number of nitrogens with two attached hydrogens (primary N) is 1. The van der Waals surface area contributed by atoms with Crippen molar-refractivity contribution in [2.75, 3.05) is 25.6 Å². The standard InChI is InChI=1S/C12H18N2O3/c1-2-3-6-16-7-8-17-12(15)11-5-4-10(13)9-14-11/h4-5,9H,2-3,6-8,13H2,1H3. The van der Waals surface area contributed by atoms with Crippen molar-refractivity contribution >= 4 is 11.7 Å². The first-order valence-electron chi connectivity index (χ1n) is 5.70. The van der Waals surface area contributed by atoms with Gasteiger partial charge in [-0.05, 0) is 18.6 Å². The van der Waals surface area contributed by atoms with E-state index in [1.165, 1.54) is 12.3 Å². The van der Waals surface area contributed by atoms with E-state index >= 15 is 0 Å². The van der Waals surface area contributed by atoms with Crippen molar-refractivity contribution in [1.82, 2.24) is 4.98 Å². The quantitative estimate of drug-likeness (QED) is 0.577. The fourth-order valence-corrected chi connectivity index (χ4v) is 1.14. The van der Waals surface area contributed by atoms with Crippen LogP contribution in [0.2, 0.25) is 0 Å². The number of anilines is 1. The molecule has 0 unspecified atom stereocenters. The number of aromatic nitrogens is 1. The highest BCUT2D eigenvalue weighted by Crippen LogP contribution is 2.02. The number of ether oxygens (including phenoxy) is 2. The number of nitrogens with zero attached hydrogens (tertiary/aromatic N) is 1. The number of hydrogen-bond acceptors (Lipinski definition) is 5. The normalized spacial score (nSPS) is 10.2. The maximum Gasteiger partial charge on any atom is 0.356 e. The molecular weight excluding hydrogens is 220 g/mol. The van der Waals surface area contributed by atoms with Gasteiger partial charge < -0.3 is 15.2 Å². The Kier molecular flexibility index (Phi) is 6.03. The van der Waals surface area contributed by atoms with Gasteiger partial charge in [-0.25, -0.2) is 9.78 Å². The van der Waals surface area contributed by atoms with E-state index in [0.29, 0.717) is 18.9 Å². The maximum atomic E-state index is 11.5. The lowest BCUT2D eigenvalue weighted by molar-refractivity contribution is 0.0308. The summed E-state index contributed by atoms with van der Waals surface area (Å²) in [6.07, 6.45) is 3.54. The first kappa shape index (κ1) is 13.4. The third-order valence-corrected chi connectivity index (χ3v) is 2.10. The average molecular weight is 238 g/mol. The monoisotopic (exact) mass is 238 g/mol. The van der Waals surface area contributed by atoms with Crippen LogP contribution in [0, 0.1) is 0 Å². The van der Waals surface area contributed by atoms with E-state index in [1.54, 1.807) is 6.07 Å². The highest BCUT2D eigenvalue weighted by Gasteiger charge is 2.07. The van der Waals surface area contributed by atoms with E-state index in [-0.39, 0.29) is 12.3 Å². The lowest BCUT2D eigenvalue weighted by Gasteiger charge is -2.05. The molecule has 0 aliphatic heterocycles. The molecule has 0 aliphatic carbocycles. The van der Waals surface area contributed by atoms with E-state index in [4.69, 9.17) is 15.2 Å². The topological polar surface area (TPSA) is 74.4 Å². The van der Waals surface area contributed by atoms with E-state index < -0.39 is 5.97 Å². The molecule has 0 atom stereocenters. The molecule has 1 aromatic rings. The summed E-state index contributed by atoms with van der Waals surface area (Å²) in [4.78, 5) is 15.3. The van der Waals surface area contributed by atoms with Crippen molar-refractivity contribution in [2.24, 2.45) is 0 Å². The fourth-order valence-electron chi connectivity index (χ4n) is 1.14. The molecule has 0 aliphatic rings. The highest BCUT2D eigenvalue weighted by atomic mass is 16.6. The van der Waals surface area contributed by atoms with Crippen LogP contribution in [0.15, 0.2) is 18.3 Å². The number of hydrogen-bond donors (Lipinski definition) is 1. The van der Waals surface area contributed by atoms with Crippen molar-refractivity contribution in [2.45, 2.75) is 19.8 Å². The summed E-state index contributed by atoms with van der Waals surface area (Å²) in [7, 11) is 0. The zero-order valence-corrected chi connectivity index (χ0v) is 10.0. The van der Waals surface area contributed by atoms with Gasteiger partial charge in [-0.3, -0.25) is 0 Å². The Morgan fingerprint density at radius 2 is 2.18 bits per heavy atom.